The van der Waals surface area contributed by atoms with E-state index in [4.69, 9.17) is 9.47 Å². The van der Waals surface area contributed by atoms with E-state index < -0.39 is 0 Å². The molecule has 9 nitrogen and oxygen atoms in total. The number of aromatic nitrogens is 2. The van der Waals surface area contributed by atoms with Gasteiger partial charge in [-0.25, -0.2) is 4.79 Å². The van der Waals surface area contributed by atoms with Crippen LogP contribution in [-0.2, 0) is 4.74 Å². The number of nitrogens with zero attached hydrogens (tertiary/aromatic N) is 4. The number of ether oxygens (including phenoxy) is 2. The second-order valence-electron chi connectivity index (χ2n) is 8.13. The zero-order valence-corrected chi connectivity index (χ0v) is 20.0. The molecular formula is C24H36N6O3. The van der Waals surface area contributed by atoms with Crippen LogP contribution in [0.25, 0.3) is 0 Å². The Kier molecular flexibility index (Phi) is 9.71. The SMILES string of the molecule is CCCN(CCC)c1nc(NC(=O)Nc2ccc(C)cc2)cc(OCCN2CCOCC2)n1. The Balaban J connectivity index is 1.70. The molecule has 1 aliphatic heterocycles. The van der Waals surface area contributed by atoms with Gasteiger partial charge in [0, 0.05) is 44.5 Å². The van der Waals surface area contributed by atoms with Gasteiger partial charge in [-0.3, -0.25) is 10.2 Å². The molecular weight excluding hydrogens is 420 g/mol. The molecule has 2 heterocycles. The number of aryl methyl sites for hydroxylation is 1. The van der Waals surface area contributed by atoms with Crippen molar-refractivity contribution in [3.05, 3.63) is 35.9 Å². The van der Waals surface area contributed by atoms with Gasteiger partial charge in [0.15, 0.2) is 0 Å². The molecule has 9 heteroatoms. The molecule has 0 spiro atoms. The first-order chi connectivity index (χ1) is 16.1. The maximum atomic E-state index is 12.6. The average Bonchev–Trinajstić information content (AvgIpc) is 2.81. The molecule has 0 aliphatic carbocycles. The molecule has 1 aromatic heterocycles. The van der Waals surface area contributed by atoms with Crippen LogP contribution in [0.4, 0.5) is 22.2 Å². The molecule has 0 atom stereocenters. The molecule has 0 saturated carbocycles. The van der Waals surface area contributed by atoms with E-state index >= 15 is 0 Å². The number of rotatable bonds is 11. The third-order valence-corrected chi connectivity index (χ3v) is 5.27. The quantitative estimate of drug-likeness (QED) is 0.532. The Hall–Kier alpha value is -2.91. The topological polar surface area (TPSA) is 91.9 Å². The number of carbonyl (C=O) groups excluding carboxylic acids is 1. The molecule has 1 fully saturated rings. The Bertz CT molecular complexity index is 865. The average molecular weight is 457 g/mol. The molecule has 180 valence electrons. The molecule has 0 unspecified atom stereocenters. The summed E-state index contributed by atoms with van der Waals surface area (Å²) >= 11 is 0. The number of carbonyl (C=O) groups is 1. The van der Waals surface area contributed by atoms with Crippen molar-refractivity contribution in [2.75, 3.05) is 68.1 Å². The fourth-order valence-electron chi connectivity index (χ4n) is 3.56. The minimum absolute atomic E-state index is 0.361. The number of hydrogen-bond donors (Lipinski definition) is 2. The van der Waals surface area contributed by atoms with Gasteiger partial charge in [-0.1, -0.05) is 31.5 Å². The third kappa shape index (κ3) is 8.18. The highest BCUT2D eigenvalue weighted by atomic mass is 16.5. The Labute approximate surface area is 196 Å². The lowest BCUT2D eigenvalue weighted by Crippen LogP contribution is -2.38. The Morgan fingerprint density at radius 3 is 2.45 bits per heavy atom. The molecule has 2 amide bonds. The first kappa shape index (κ1) is 24.7. The number of nitrogens with one attached hydrogen (secondary N) is 2. The second kappa shape index (κ2) is 13.0. The second-order valence-corrected chi connectivity index (χ2v) is 8.13. The van der Waals surface area contributed by atoms with Crippen molar-refractivity contribution in [2.45, 2.75) is 33.6 Å². The molecule has 3 rings (SSSR count). The lowest BCUT2D eigenvalue weighted by atomic mass is 10.2. The third-order valence-electron chi connectivity index (χ3n) is 5.27. The number of morpholine rings is 1. The van der Waals surface area contributed by atoms with E-state index in [1.807, 2.05) is 31.2 Å². The Morgan fingerprint density at radius 1 is 1.09 bits per heavy atom. The van der Waals surface area contributed by atoms with Crippen molar-refractivity contribution in [2.24, 2.45) is 0 Å². The number of amides is 2. The van der Waals surface area contributed by atoms with Gasteiger partial charge < -0.3 is 19.7 Å². The summed E-state index contributed by atoms with van der Waals surface area (Å²) in [5.74, 6) is 1.42. The van der Waals surface area contributed by atoms with Crippen LogP contribution < -0.4 is 20.3 Å². The van der Waals surface area contributed by atoms with Crippen LogP contribution in [0.3, 0.4) is 0 Å². The minimum Gasteiger partial charge on any atom is -0.476 e. The van der Waals surface area contributed by atoms with Crippen molar-refractivity contribution in [1.82, 2.24) is 14.9 Å². The largest absolute Gasteiger partial charge is 0.476 e. The summed E-state index contributed by atoms with van der Waals surface area (Å²) in [6, 6.07) is 8.95. The summed E-state index contributed by atoms with van der Waals surface area (Å²) < 4.78 is 11.4. The van der Waals surface area contributed by atoms with E-state index in [9.17, 15) is 4.79 Å². The predicted octanol–water partition coefficient (Wildman–Crippen LogP) is 3.77. The molecule has 33 heavy (non-hydrogen) atoms. The van der Waals surface area contributed by atoms with Crippen LogP contribution in [0.2, 0.25) is 0 Å². The fraction of sp³-hybridized carbons (Fsp3) is 0.542. The highest BCUT2D eigenvalue weighted by Gasteiger charge is 2.15. The lowest BCUT2D eigenvalue weighted by Gasteiger charge is -2.26. The summed E-state index contributed by atoms with van der Waals surface area (Å²) in [6.45, 7) is 12.6. The summed E-state index contributed by atoms with van der Waals surface area (Å²) in [5.41, 5.74) is 1.85. The highest BCUT2D eigenvalue weighted by Crippen LogP contribution is 2.20. The smallest absolute Gasteiger partial charge is 0.324 e. The lowest BCUT2D eigenvalue weighted by molar-refractivity contribution is 0.0320. The van der Waals surface area contributed by atoms with Gasteiger partial charge in [0.1, 0.15) is 12.4 Å². The summed E-state index contributed by atoms with van der Waals surface area (Å²) in [7, 11) is 0. The first-order valence-electron chi connectivity index (χ1n) is 11.8. The molecule has 1 aromatic carbocycles. The van der Waals surface area contributed by atoms with Crippen LogP contribution >= 0.6 is 0 Å². The highest BCUT2D eigenvalue weighted by molar-refractivity contribution is 5.99. The van der Waals surface area contributed by atoms with Gasteiger partial charge in [0.25, 0.3) is 0 Å². The van der Waals surface area contributed by atoms with E-state index in [0.717, 1.165) is 64.3 Å². The van der Waals surface area contributed by atoms with Gasteiger partial charge in [-0.2, -0.15) is 9.97 Å². The molecule has 1 aliphatic rings. The summed E-state index contributed by atoms with van der Waals surface area (Å²) in [5, 5.41) is 5.67. The molecule has 1 saturated heterocycles. The predicted molar refractivity (Wildman–Crippen MR) is 131 cm³/mol. The number of hydrogen-bond acceptors (Lipinski definition) is 7. The van der Waals surface area contributed by atoms with Crippen LogP contribution in [0.15, 0.2) is 30.3 Å². The number of urea groups is 1. The van der Waals surface area contributed by atoms with Crippen molar-refractivity contribution < 1.29 is 14.3 Å². The minimum atomic E-state index is -0.361. The summed E-state index contributed by atoms with van der Waals surface area (Å²) in [4.78, 5) is 26.2. The zero-order valence-electron chi connectivity index (χ0n) is 20.0. The van der Waals surface area contributed by atoms with E-state index in [0.29, 0.717) is 29.9 Å². The monoisotopic (exact) mass is 456 g/mol. The van der Waals surface area contributed by atoms with Crippen molar-refractivity contribution in [1.29, 1.82) is 0 Å². The Morgan fingerprint density at radius 2 is 1.79 bits per heavy atom. The van der Waals surface area contributed by atoms with Crippen LogP contribution in [0, 0.1) is 6.92 Å². The van der Waals surface area contributed by atoms with Gasteiger partial charge in [-0.15, -0.1) is 0 Å². The standard InChI is InChI=1S/C24H36N6O3/c1-4-10-30(11-5-2)23-26-21(27-24(31)25-20-8-6-19(3)7-9-20)18-22(28-23)33-17-14-29-12-15-32-16-13-29/h6-9,18H,4-5,10-17H2,1-3H3,(H2,25,26,27,28,31). The van der Waals surface area contributed by atoms with Crippen molar-refractivity contribution >= 4 is 23.5 Å². The normalized spacial score (nSPS) is 14.0. The van der Waals surface area contributed by atoms with Gasteiger partial charge in [0.2, 0.25) is 11.8 Å². The molecule has 2 aromatic rings. The maximum absolute atomic E-state index is 12.6. The van der Waals surface area contributed by atoms with E-state index in [1.165, 1.54) is 0 Å². The molecule has 2 N–H and O–H groups in total. The van der Waals surface area contributed by atoms with Crippen molar-refractivity contribution in [3.8, 4) is 5.88 Å². The van der Waals surface area contributed by atoms with Crippen LogP contribution in [0.1, 0.15) is 32.3 Å². The van der Waals surface area contributed by atoms with E-state index in [-0.39, 0.29) is 6.03 Å². The van der Waals surface area contributed by atoms with Gasteiger partial charge >= 0.3 is 6.03 Å². The first-order valence-corrected chi connectivity index (χ1v) is 11.8. The maximum Gasteiger partial charge on any atom is 0.324 e. The molecule has 0 bridgehead atoms. The summed E-state index contributed by atoms with van der Waals surface area (Å²) in [6.07, 6.45) is 1.95. The zero-order chi connectivity index (χ0) is 23.5. The van der Waals surface area contributed by atoms with Crippen LogP contribution in [-0.4, -0.2) is 73.4 Å². The van der Waals surface area contributed by atoms with E-state index in [1.54, 1.807) is 6.07 Å². The molecule has 0 radical (unpaired) electrons. The fourth-order valence-corrected chi connectivity index (χ4v) is 3.56. The van der Waals surface area contributed by atoms with Crippen molar-refractivity contribution in [3.63, 3.8) is 0 Å². The number of anilines is 3. The number of benzene rings is 1. The van der Waals surface area contributed by atoms with Crippen LogP contribution in [0.5, 0.6) is 5.88 Å². The van der Waals surface area contributed by atoms with E-state index in [2.05, 4.69) is 44.2 Å². The van der Waals surface area contributed by atoms with Gasteiger partial charge in [-0.05, 0) is 31.9 Å². The van der Waals surface area contributed by atoms with Gasteiger partial charge in [0.05, 0.1) is 13.2 Å².